The number of nitrogens with two attached hydrogens (primary N) is 1. The maximum atomic E-state index is 13.8. The Morgan fingerprint density at radius 1 is 1.05 bits per heavy atom. The normalized spacial score (nSPS) is 12.7. The molecule has 12 heteroatoms. The molecule has 2 aromatic carbocycles. The molecular formula is C28H29N7O5. The van der Waals surface area contributed by atoms with Crippen LogP contribution >= 0.6 is 0 Å². The summed E-state index contributed by atoms with van der Waals surface area (Å²) in [5.41, 5.74) is 8.65. The van der Waals surface area contributed by atoms with Crippen molar-refractivity contribution in [2.75, 3.05) is 32.2 Å². The van der Waals surface area contributed by atoms with Gasteiger partial charge in [-0.15, -0.1) is 0 Å². The van der Waals surface area contributed by atoms with Crippen LogP contribution in [0.4, 0.5) is 10.5 Å². The van der Waals surface area contributed by atoms with E-state index >= 15 is 0 Å². The van der Waals surface area contributed by atoms with E-state index < -0.39 is 12.0 Å². The fourth-order valence-electron chi connectivity index (χ4n) is 4.70. The van der Waals surface area contributed by atoms with Crippen molar-refractivity contribution < 1.29 is 23.9 Å². The van der Waals surface area contributed by atoms with Crippen LogP contribution < -0.4 is 15.4 Å². The van der Waals surface area contributed by atoms with Crippen molar-refractivity contribution in [3.63, 3.8) is 0 Å². The number of benzene rings is 2. The summed E-state index contributed by atoms with van der Waals surface area (Å²) in [5.74, 6) is 0.342. The number of anilines is 1. The minimum absolute atomic E-state index is 0.0922. The summed E-state index contributed by atoms with van der Waals surface area (Å²) in [5, 5.41) is 4.41. The first-order chi connectivity index (χ1) is 19.3. The monoisotopic (exact) mass is 543 g/mol. The van der Waals surface area contributed by atoms with Crippen LogP contribution in [-0.4, -0.2) is 69.4 Å². The summed E-state index contributed by atoms with van der Waals surface area (Å²) in [6.07, 6.45) is 3.46. The molecule has 0 saturated carbocycles. The van der Waals surface area contributed by atoms with Gasteiger partial charge in [-0.1, -0.05) is 0 Å². The highest BCUT2D eigenvalue weighted by Gasteiger charge is 2.34. The minimum atomic E-state index is -0.682. The Morgan fingerprint density at radius 3 is 2.38 bits per heavy atom. The highest BCUT2D eigenvalue weighted by Crippen LogP contribution is 2.30. The second-order valence-electron chi connectivity index (χ2n) is 9.14. The highest BCUT2D eigenvalue weighted by molar-refractivity contribution is 6.09. The zero-order valence-corrected chi connectivity index (χ0v) is 22.4. The minimum Gasteiger partial charge on any atom is -0.497 e. The van der Waals surface area contributed by atoms with Gasteiger partial charge in [-0.3, -0.25) is 9.59 Å². The van der Waals surface area contributed by atoms with E-state index in [-0.39, 0.29) is 18.1 Å². The fourth-order valence-corrected chi connectivity index (χ4v) is 4.70. The maximum absolute atomic E-state index is 13.8. The van der Waals surface area contributed by atoms with Crippen LogP contribution in [0.5, 0.6) is 5.75 Å². The summed E-state index contributed by atoms with van der Waals surface area (Å²) < 4.78 is 13.6. The second kappa shape index (κ2) is 10.9. The van der Waals surface area contributed by atoms with E-state index in [9.17, 15) is 14.4 Å². The summed E-state index contributed by atoms with van der Waals surface area (Å²) in [6.45, 7) is 2.67. The van der Waals surface area contributed by atoms with Gasteiger partial charge in [-0.05, 0) is 61.9 Å². The number of hydrogen-bond donors (Lipinski definition) is 1. The Bertz CT molecular complexity index is 1560. The largest absolute Gasteiger partial charge is 0.497 e. The number of imidazole rings is 1. The third-order valence-corrected chi connectivity index (χ3v) is 6.68. The number of fused-ring (bicyclic) bond motifs is 1. The number of primary amides is 1. The van der Waals surface area contributed by atoms with E-state index in [1.165, 1.54) is 9.58 Å². The Hall–Kier alpha value is -5.13. The highest BCUT2D eigenvalue weighted by atomic mass is 16.6. The predicted octanol–water partition coefficient (Wildman–Crippen LogP) is 2.96. The van der Waals surface area contributed by atoms with Crippen molar-refractivity contribution in [1.82, 2.24) is 24.2 Å². The van der Waals surface area contributed by atoms with Gasteiger partial charge in [-0.25, -0.2) is 14.5 Å². The molecule has 3 amide bonds. The first kappa shape index (κ1) is 26.5. The first-order valence-corrected chi connectivity index (χ1v) is 12.7. The van der Waals surface area contributed by atoms with E-state index in [0.717, 1.165) is 5.69 Å². The van der Waals surface area contributed by atoms with Gasteiger partial charge in [0.25, 0.3) is 11.8 Å². The quantitative estimate of drug-likeness (QED) is 0.361. The van der Waals surface area contributed by atoms with Crippen LogP contribution in [0.25, 0.3) is 11.4 Å². The maximum Gasteiger partial charge on any atom is 0.409 e. The zero-order valence-electron chi connectivity index (χ0n) is 22.4. The van der Waals surface area contributed by atoms with Crippen LogP contribution in [0.1, 0.15) is 39.3 Å². The molecule has 1 aliphatic heterocycles. The van der Waals surface area contributed by atoms with Crippen LogP contribution in [0, 0.1) is 0 Å². The van der Waals surface area contributed by atoms with Crippen molar-refractivity contribution in [3.8, 4) is 17.1 Å². The van der Waals surface area contributed by atoms with E-state index in [1.807, 2.05) is 28.8 Å². The van der Waals surface area contributed by atoms with Gasteiger partial charge in [0.05, 0.1) is 25.9 Å². The van der Waals surface area contributed by atoms with Gasteiger partial charge >= 0.3 is 6.09 Å². The lowest BCUT2D eigenvalue weighted by molar-refractivity contribution is 0.0972. The number of ether oxygens (including phenoxy) is 2. The number of amides is 3. The Morgan fingerprint density at radius 2 is 1.73 bits per heavy atom. The van der Waals surface area contributed by atoms with E-state index in [4.69, 9.17) is 15.2 Å². The molecule has 2 N–H and O–H groups in total. The molecule has 12 nitrogen and oxygen atoms in total. The first-order valence-electron chi connectivity index (χ1n) is 12.7. The molecule has 1 aliphatic rings. The van der Waals surface area contributed by atoms with E-state index in [0.29, 0.717) is 53.8 Å². The molecule has 0 bridgehead atoms. The predicted molar refractivity (Wildman–Crippen MR) is 146 cm³/mol. The fraction of sp³-hybridized carbons (Fsp3) is 0.250. The third kappa shape index (κ3) is 4.86. The standard InChI is InChI=1S/C28H29N7O5/c1-4-40-28(38)32(2)17-23-30-14-16-33(23)18-5-7-19(8-6-18)34-15-13-22-24(26(29)36)31-35(25(22)27(34)37)20-9-11-21(39-3)12-10-20/h5-12,14,16H,4,13,15,17H2,1-3H3,(H2,29,36). The van der Waals surface area contributed by atoms with Crippen molar-refractivity contribution in [2.24, 2.45) is 5.73 Å². The Labute approximate surface area is 230 Å². The van der Waals surface area contributed by atoms with Gasteiger partial charge in [0.2, 0.25) is 0 Å². The molecule has 0 unspecified atom stereocenters. The SMILES string of the molecule is CCOC(=O)N(C)Cc1nccn1-c1ccc(N2CCc3c(C(N)=O)nn(-c4ccc(OC)cc4)c3C2=O)cc1. The van der Waals surface area contributed by atoms with Crippen molar-refractivity contribution in [1.29, 1.82) is 0 Å². The van der Waals surface area contributed by atoms with Crippen molar-refractivity contribution in [3.05, 3.63) is 83.7 Å². The number of hydrogen-bond acceptors (Lipinski definition) is 7. The molecule has 2 aromatic heterocycles. The van der Waals surface area contributed by atoms with E-state index in [1.54, 1.807) is 62.6 Å². The molecular weight excluding hydrogens is 514 g/mol. The molecule has 40 heavy (non-hydrogen) atoms. The lowest BCUT2D eigenvalue weighted by atomic mass is 10.0. The number of aromatic nitrogens is 4. The van der Waals surface area contributed by atoms with Crippen molar-refractivity contribution in [2.45, 2.75) is 19.9 Å². The molecule has 0 atom stereocenters. The van der Waals surface area contributed by atoms with E-state index in [2.05, 4.69) is 10.1 Å². The zero-order chi connectivity index (χ0) is 28.4. The molecule has 0 saturated heterocycles. The van der Waals surface area contributed by atoms with Gasteiger partial charge < -0.3 is 29.6 Å². The summed E-state index contributed by atoms with van der Waals surface area (Å²) in [7, 11) is 3.22. The van der Waals surface area contributed by atoms with Crippen LogP contribution in [-0.2, 0) is 17.7 Å². The smallest absolute Gasteiger partial charge is 0.409 e. The number of carbonyl (C=O) groups excluding carboxylic acids is 3. The van der Waals surface area contributed by atoms with Gasteiger partial charge in [0, 0.05) is 42.9 Å². The second-order valence-corrected chi connectivity index (χ2v) is 9.14. The average molecular weight is 544 g/mol. The summed E-state index contributed by atoms with van der Waals surface area (Å²) in [4.78, 5) is 45.5. The third-order valence-electron chi connectivity index (χ3n) is 6.68. The number of carbonyl (C=O) groups is 3. The topological polar surface area (TPSA) is 138 Å². The Kier molecular flexibility index (Phi) is 7.23. The molecule has 5 rings (SSSR count). The molecule has 3 heterocycles. The van der Waals surface area contributed by atoms with Gasteiger partial charge in [-0.2, -0.15) is 5.10 Å². The number of nitrogens with zero attached hydrogens (tertiary/aromatic N) is 6. The Balaban J connectivity index is 1.42. The number of methoxy groups -OCH3 is 1. The molecule has 4 aromatic rings. The lowest BCUT2D eigenvalue weighted by Gasteiger charge is -2.28. The van der Waals surface area contributed by atoms with Gasteiger partial charge in [0.15, 0.2) is 5.69 Å². The molecule has 0 aliphatic carbocycles. The van der Waals surface area contributed by atoms with Gasteiger partial charge in [0.1, 0.15) is 17.3 Å². The van der Waals surface area contributed by atoms with Crippen LogP contribution in [0.15, 0.2) is 60.9 Å². The average Bonchev–Trinajstić information content (AvgIpc) is 3.59. The van der Waals surface area contributed by atoms with Crippen molar-refractivity contribution >= 4 is 23.6 Å². The lowest BCUT2D eigenvalue weighted by Crippen LogP contribution is -2.39. The number of rotatable bonds is 8. The molecule has 0 radical (unpaired) electrons. The summed E-state index contributed by atoms with van der Waals surface area (Å²) in [6, 6.07) is 14.5. The summed E-state index contributed by atoms with van der Waals surface area (Å²) >= 11 is 0. The molecule has 0 fully saturated rings. The van der Waals surface area contributed by atoms with Crippen LogP contribution in [0.2, 0.25) is 0 Å². The molecule has 0 spiro atoms. The van der Waals surface area contributed by atoms with Crippen LogP contribution in [0.3, 0.4) is 0 Å². The molecule has 206 valence electrons.